The van der Waals surface area contributed by atoms with Gasteiger partial charge < -0.3 is 0 Å². The van der Waals surface area contributed by atoms with Gasteiger partial charge >= 0.3 is 10.3 Å². The van der Waals surface area contributed by atoms with Gasteiger partial charge in [-0.3, -0.25) is 0 Å². The molecule has 0 spiro atoms. The zero-order valence-electron chi connectivity index (χ0n) is 9.75. The maximum absolute atomic E-state index is 11.6. The molecular weight excluding hydrogens is 238 g/mol. The number of hydrogen-bond donors (Lipinski definition) is 1. The topological polar surface area (TPSA) is 54.4 Å². The number of quaternary nitrogens is 1. The lowest BCUT2D eigenvalue weighted by Gasteiger charge is -2.36. The third-order valence-electron chi connectivity index (χ3n) is 3.43. The minimum Gasteiger partial charge on any atom is -0.241 e. The molecule has 94 valence electrons. The summed E-state index contributed by atoms with van der Waals surface area (Å²) >= 11 is 0. The molecule has 1 heterocycles. The lowest BCUT2D eigenvalue weighted by Crippen LogP contribution is -2.54. The first-order chi connectivity index (χ1) is 8.04. The van der Waals surface area contributed by atoms with Crippen LogP contribution in [0.3, 0.4) is 0 Å². The fourth-order valence-electron chi connectivity index (χ4n) is 2.48. The molecule has 1 aromatic carbocycles. The molecule has 0 aromatic heterocycles. The molecule has 0 radical (unpaired) electrons. The van der Waals surface area contributed by atoms with Crippen LogP contribution in [0.25, 0.3) is 0 Å². The van der Waals surface area contributed by atoms with E-state index >= 15 is 0 Å². The fraction of sp³-hybridized carbons (Fsp3) is 0.500. The monoisotopic (exact) mass is 256 g/mol. The SMILES string of the molecule is O=S(=O)(O)[N+]1(Cc2ccccc2)CCCCC1. The number of nitrogens with zero attached hydrogens (tertiary/aromatic N) is 1. The summed E-state index contributed by atoms with van der Waals surface area (Å²) in [5.74, 6) is 0. The zero-order chi connectivity index (χ0) is 12.4. The van der Waals surface area contributed by atoms with Gasteiger partial charge in [0, 0.05) is 5.56 Å². The van der Waals surface area contributed by atoms with Crippen molar-refractivity contribution in [1.29, 1.82) is 0 Å². The number of rotatable bonds is 3. The van der Waals surface area contributed by atoms with Crippen LogP contribution in [-0.4, -0.2) is 29.9 Å². The highest BCUT2D eigenvalue weighted by molar-refractivity contribution is 7.80. The van der Waals surface area contributed by atoms with Gasteiger partial charge in [0.15, 0.2) is 0 Å². The molecule has 17 heavy (non-hydrogen) atoms. The molecule has 1 saturated heterocycles. The molecule has 1 aromatic rings. The summed E-state index contributed by atoms with van der Waals surface area (Å²) in [4.78, 5) is 0. The Morgan fingerprint density at radius 1 is 1.06 bits per heavy atom. The summed E-state index contributed by atoms with van der Waals surface area (Å²) in [6.07, 6.45) is 2.75. The van der Waals surface area contributed by atoms with Crippen LogP contribution in [0, 0.1) is 0 Å². The van der Waals surface area contributed by atoms with Crippen molar-refractivity contribution >= 4 is 10.3 Å². The van der Waals surface area contributed by atoms with E-state index in [4.69, 9.17) is 0 Å². The van der Waals surface area contributed by atoms with Crippen molar-refractivity contribution in [3.05, 3.63) is 35.9 Å². The van der Waals surface area contributed by atoms with E-state index in [9.17, 15) is 13.0 Å². The molecule has 5 heteroatoms. The third-order valence-corrected chi connectivity index (χ3v) is 4.91. The number of hydrogen-bond acceptors (Lipinski definition) is 2. The summed E-state index contributed by atoms with van der Waals surface area (Å²) in [5, 5.41) is 0. The summed E-state index contributed by atoms with van der Waals surface area (Å²) in [6.45, 7) is 1.38. The molecule has 0 amide bonds. The highest BCUT2D eigenvalue weighted by atomic mass is 32.2. The first-order valence-electron chi connectivity index (χ1n) is 5.91. The molecule has 1 N–H and O–H groups in total. The van der Waals surface area contributed by atoms with Crippen molar-refractivity contribution < 1.29 is 16.9 Å². The van der Waals surface area contributed by atoms with E-state index in [0.29, 0.717) is 19.6 Å². The van der Waals surface area contributed by atoms with Crippen molar-refractivity contribution in [1.82, 2.24) is 0 Å². The normalized spacial score (nSPS) is 20.1. The smallest absolute Gasteiger partial charge is 0.241 e. The van der Waals surface area contributed by atoms with Gasteiger partial charge in [-0.15, -0.1) is 8.42 Å². The molecule has 0 unspecified atom stereocenters. The second-order valence-electron chi connectivity index (χ2n) is 4.66. The Bertz CT molecular complexity index is 464. The van der Waals surface area contributed by atoms with Crippen LogP contribution in [0.1, 0.15) is 24.8 Å². The summed E-state index contributed by atoms with van der Waals surface area (Å²) in [7, 11) is -4.05. The maximum Gasteiger partial charge on any atom is 0.433 e. The summed E-state index contributed by atoms with van der Waals surface area (Å²) in [5.41, 5.74) is 0.951. The Labute approximate surface area is 102 Å². The van der Waals surface area contributed by atoms with Crippen LogP contribution in [0.15, 0.2) is 30.3 Å². The number of benzene rings is 1. The Balaban J connectivity index is 2.29. The quantitative estimate of drug-likeness (QED) is 0.664. The molecule has 1 fully saturated rings. The molecule has 1 aliphatic heterocycles. The van der Waals surface area contributed by atoms with Gasteiger partial charge in [0.25, 0.3) is 0 Å². The predicted octanol–water partition coefficient (Wildman–Crippen LogP) is 1.99. The van der Waals surface area contributed by atoms with Crippen LogP contribution in [0.5, 0.6) is 0 Å². The first kappa shape index (κ1) is 12.5. The van der Waals surface area contributed by atoms with E-state index in [1.54, 1.807) is 0 Å². The van der Waals surface area contributed by atoms with Gasteiger partial charge in [-0.25, -0.2) is 4.55 Å². The molecular formula is C12H18NO3S+. The Kier molecular flexibility index (Phi) is 3.51. The highest BCUT2D eigenvalue weighted by Crippen LogP contribution is 2.26. The minimum absolute atomic E-state index is 0.211. The predicted molar refractivity (Wildman–Crippen MR) is 65.5 cm³/mol. The maximum atomic E-state index is 11.6. The van der Waals surface area contributed by atoms with Gasteiger partial charge in [-0.05, 0) is 19.3 Å². The first-order valence-corrected chi connectivity index (χ1v) is 7.31. The van der Waals surface area contributed by atoms with E-state index in [-0.39, 0.29) is 3.89 Å². The summed E-state index contributed by atoms with van der Waals surface area (Å²) in [6, 6.07) is 9.48. The van der Waals surface area contributed by atoms with Gasteiger partial charge in [-0.2, -0.15) is 3.89 Å². The van der Waals surface area contributed by atoms with Gasteiger partial charge in [-0.1, -0.05) is 30.3 Å². The van der Waals surface area contributed by atoms with E-state index < -0.39 is 10.3 Å². The van der Waals surface area contributed by atoms with Crippen molar-refractivity contribution in [2.45, 2.75) is 25.8 Å². The minimum atomic E-state index is -4.05. The van der Waals surface area contributed by atoms with Crippen molar-refractivity contribution in [2.75, 3.05) is 13.1 Å². The van der Waals surface area contributed by atoms with Gasteiger partial charge in [0.2, 0.25) is 0 Å². The molecule has 0 aliphatic carbocycles. The molecule has 0 atom stereocenters. The van der Waals surface area contributed by atoms with Gasteiger partial charge in [0.05, 0.1) is 13.1 Å². The van der Waals surface area contributed by atoms with Crippen molar-refractivity contribution in [2.24, 2.45) is 0 Å². The highest BCUT2D eigenvalue weighted by Gasteiger charge is 2.42. The Hall–Kier alpha value is -0.910. The fourth-order valence-corrected chi connectivity index (χ4v) is 3.51. The lowest BCUT2D eigenvalue weighted by molar-refractivity contribution is -0.830. The second kappa shape index (κ2) is 4.76. The van der Waals surface area contributed by atoms with Crippen molar-refractivity contribution in [3.63, 3.8) is 0 Å². The van der Waals surface area contributed by atoms with Crippen molar-refractivity contribution in [3.8, 4) is 0 Å². The van der Waals surface area contributed by atoms with Crippen LogP contribution < -0.4 is 0 Å². The largest absolute Gasteiger partial charge is 0.433 e. The lowest BCUT2D eigenvalue weighted by atomic mass is 10.1. The Morgan fingerprint density at radius 2 is 1.65 bits per heavy atom. The van der Waals surface area contributed by atoms with E-state index in [1.165, 1.54) is 0 Å². The standard InChI is InChI=1S/C12H17NO3S/c14-17(15,16)13(9-5-2-6-10-13)11-12-7-3-1-4-8-12/h1,3-4,7-8H,2,5-6,9-11H2/p+1. The molecule has 0 bridgehead atoms. The molecule has 4 nitrogen and oxygen atoms in total. The average Bonchev–Trinajstić information content (AvgIpc) is 2.30. The van der Waals surface area contributed by atoms with Crippen LogP contribution in [0.2, 0.25) is 0 Å². The molecule has 0 saturated carbocycles. The van der Waals surface area contributed by atoms with E-state index in [0.717, 1.165) is 24.8 Å². The van der Waals surface area contributed by atoms with Crippen LogP contribution in [0.4, 0.5) is 0 Å². The third kappa shape index (κ3) is 2.68. The van der Waals surface area contributed by atoms with E-state index in [2.05, 4.69) is 0 Å². The second-order valence-corrected chi connectivity index (χ2v) is 6.33. The number of piperidine rings is 1. The zero-order valence-corrected chi connectivity index (χ0v) is 10.6. The van der Waals surface area contributed by atoms with Crippen LogP contribution >= 0.6 is 0 Å². The van der Waals surface area contributed by atoms with Crippen LogP contribution in [-0.2, 0) is 16.8 Å². The van der Waals surface area contributed by atoms with Gasteiger partial charge in [0.1, 0.15) is 6.54 Å². The average molecular weight is 256 g/mol. The molecule has 1 aliphatic rings. The van der Waals surface area contributed by atoms with E-state index in [1.807, 2.05) is 30.3 Å². The Morgan fingerprint density at radius 3 is 2.18 bits per heavy atom. The number of likely N-dealkylation sites (tertiary alicyclic amines) is 1. The summed E-state index contributed by atoms with van der Waals surface area (Å²) < 4.78 is 32.6. The molecule has 2 rings (SSSR count).